The molecule has 1 heterocycles. The number of rotatable bonds is 3. The number of hydrogen-bond donors (Lipinski definition) is 2. The molecule has 0 aliphatic heterocycles. The molecule has 110 valence electrons. The van der Waals surface area contributed by atoms with E-state index in [1.807, 2.05) is 0 Å². The molecular formula is C13H8F3NO3S. The molecule has 21 heavy (non-hydrogen) atoms. The van der Waals surface area contributed by atoms with E-state index in [1.54, 1.807) is 35.6 Å². The third-order valence-corrected chi connectivity index (χ3v) is 3.60. The molecule has 0 spiro atoms. The van der Waals surface area contributed by atoms with Crippen molar-refractivity contribution in [1.82, 2.24) is 0 Å². The van der Waals surface area contributed by atoms with Crippen molar-refractivity contribution >= 4 is 28.2 Å². The number of carbonyl (C=O) groups excluding carboxylic acids is 1. The van der Waals surface area contributed by atoms with Gasteiger partial charge in [0, 0.05) is 4.88 Å². The summed E-state index contributed by atoms with van der Waals surface area (Å²) < 4.78 is 36.7. The summed E-state index contributed by atoms with van der Waals surface area (Å²) in [6.07, 6.45) is -5.08. The highest BCUT2D eigenvalue weighted by atomic mass is 32.1. The lowest BCUT2D eigenvalue weighted by molar-refractivity contribution is -0.167. The number of amides is 1. The van der Waals surface area contributed by atoms with Crippen LogP contribution in [0.3, 0.4) is 0 Å². The fourth-order valence-corrected chi connectivity index (χ4v) is 2.61. The molecule has 0 fully saturated rings. The SMILES string of the molecule is O=C(O)c1cc(-c2ccccc2)sc1NC(=O)C(F)(F)F. The molecule has 1 amide bonds. The monoisotopic (exact) mass is 315 g/mol. The molecule has 0 aliphatic carbocycles. The Morgan fingerprint density at radius 1 is 1.14 bits per heavy atom. The number of thiophene rings is 1. The first-order valence-electron chi connectivity index (χ1n) is 5.60. The summed E-state index contributed by atoms with van der Waals surface area (Å²) in [5, 5.41) is 10.3. The molecule has 1 aromatic carbocycles. The van der Waals surface area contributed by atoms with Gasteiger partial charge in [0.15, 0.2) is 0 Å². The molecule has 0 bridgehead atoms. The molecule has 1 aromatic heterocycles. The van der Waals surface area contributed by atoms with Crippen LogP contribution < -0.4 is 5.32 Å². The van der Waals surface area contributed by atoms with Gasteiger partial charge in [-0.2, -0.15) is 13.2 Å². The van der Waals surface area contributed by atoms with E-state index in [0.717, 1.165) is 11.3 Å². The number of carbonyl (C=O) groups is 2. The molecule has 2 aromatic rings. The number of nitrogens with one attached hydrogen (secondary N) is 1. The molecule has 0 aliphatic rings. The zero-order valence-electron chi connectivity index (χ0n) is 10.3. The molecule has 0 saturated carbocycles. The second-order valence-corrected chi connectivity index (χ2v) is 5.03. The molecule has 0 atom stereocenters. The molecular weight excluding hydrogens is 307 g/mol. The molecule has 0 radical (unpaired) electrons. The third kappa shape index (κ3) is 3.40. The van der Waals surface area contributed by atoms with Crippen LogP contribution in [0.2, 0.25) is 0 Å². The second kappa shape index (κ2) is 5.57. The minimum atomic E-state index is -5.08. The van der Waals surface area contributed by atoms with E-state index < -0.39 is 18.1 Å². The molecule has 0 saturated heterocycles. The Labute approximate surface area is 120 Å². The lowest BCUT2D eigenvalue weighted by Crippen LogP contribution is -2.30. The van der Waals surface area contributed by atoms with Crippen LogP contribution in [0.25, 0.3) is 10.4 Å². The van der Waals surface area contributed by atoms with Gasteiger partial charge in [-0.3, -0.25) is 4.79 Å². The predicted molar refractivity (Wildman–Crippen MR) is 71.4 cm³/mol. The maximum absolute atomic E-state index is 12.2. The average Bonchev–Trinajstić information content (AvgIpc) is 2.83. The number of aromatic carboxylic acids is 1. The van der Waals surface area contributed by atoms with Crippen LogP contribution in [0.4, 0.5) is 18.2 Å². The van der Waals surface area contributed by atoms with Crippen molar-refractivity contribution in [2.45, 2.75) is 6.18 Å². The Hall–Kier alpha value is -2.35. The Balaban J connectivity index is 2.39. The minimum Gasteiger partial charge on any atom is -0.478 e. The Bertz CT molecular complexity index is 680. The smallest absolute Gasteiger partial charge is 0.471 e. The molecule has 0 unspecified atom stereocenters. The van der Waals surface area contributed by atoms with E-state index in [0.29, 0.717) is 10.4 Å². The summed E-state index contributed by atoms with van der Waals surface area (Å²) in [7, 11) is 0. The van der Waals surface area contributed by atoms with Crippen LogP contribution >= 0.6 is 11.3 Å². The number of alkyl halides is 3. The van der Waals surface area contributed by atoms with Gasteiger partial charge in [0.2, 0.25) is 0 Å². The first-order valence-corrected chi connectivity index (χ1v) is 6.41. The molecule has 8 heteroatoms. The van der Waals surface area contributed by atoms with E-state index in [4.69, 9.17) is 5.11 Å². The van der Waals surface area contributed by atoms with Crippen LogP contribution in [0.15, 0.2) is 36.4 Å². The summed E-state index contributed by atoms with van der Waals surface area (Å²) in [6.45, 7) is 0. The maximum Gasteiger partial charge on any atom is 0.471 e. The fourth-order valence-electron chi connectivity index (χ4n) is 1.56. The average molecular weight is 315 g/mol. The normalized spacial score (nSPS) is 11.2. The fraction of sp³-hybridized carbons (Fsp3) is 0.0769. The first-order chi connectivity index (χ1) is 9.79. The van der Waals surface area contributed by atoms with Gasteiger partial charge >= 0.3 is 18.1 Å². The predicted octanol–water partition coefficient (Wildman–Crippen LogP) is 3.61. The van der Waals surface area contributed by atoms with Gasteiger partial charge in [-0.1, -0.05) is 30.3 Å². The van der Waals surface area contributed by atoms with Gasteiger partial charge < -0.3 is 10.4 Å². The van der Waals surface area contributed by atoms with E-state index in [-0.39, 0.29) is 10.6 Å². The highest BCUT2D eigenvalue weighted by Crippen LogP contribution is 2.36. The van der Waals surface area contributed by atoms with Crippen molar-refractivity contribution in [3.05, 3.63) is 42.0 Å². The van der Waals surface area contributed by atoms with E-state index in [2.05, 4.69) is 0 Å². The highest BCUT2D eigenvalue weighted by molar-refractivity contribution is 7.20. The van der Waals surface area contributed by atoms with Crippen LogP contribution in [-0.2, 0) is 4.79 Å². The van der Waals surface area contributed by atoms with Crippen molar-refractivity contribution in [2.24, 2.45) is 0 Å². The lowest BCUT2D eigenvalue weighted by Gasteiger charge is -2.06. The minimum absolute atomic E-state index is 0.344. The maximum atomic E-state index is 12.2. The number of carboxylic acid groups (broad SMARTS) is 1. The van der Waals surface area contributed by atoms with Gasteiger partial charge in [-0.15, -0.1) is 11.3 Å². The molecule has 4 nitrogen and oxygen atoms in total. The van der Waals surface area contributed by atoms with E-state index in [1.165, 1.54) is 6.07 Å². The Morgan fingerprint density at radius 2 is 1.76 bits per heavy atom. The van der Waals surface area contributed by atoms with E-state index in [9.17, 15) is 22.8 Å². The topological polar surface area (TPSA) is 66.4 Å². The summed E-state index contributed by atoms with van der Waals surface area (Å²) in [6, 6.07) is 9.78. The van der Waals surface area contributed by atoms with Crippen molar-refractivity contribution in [1.29, 1.82) is 0 Å². The van der Waals surface area contributed by atoms with Gasteiger partial charge in [-0.05, 0) is 11.6 Å². The summed E-state index contributed by atoms with van der Waals surface area (Å²) >= 11 is 0.773. The van der Waals surface area contributed by atoms with E-state index >= 15 is 0 Å². The summed E-state index contributed by atoms with van der Waals surface area (Å²) in [5.74, 6) is -3.61. The summed E-state index contributed by atoms with van der Waals surface area (Å²) in [5.41, 5.74) is 0.272. The molecule has 2 N–H and O–H groups in total. The van der Waals surface area contributed by atoms with Crippen LogP contribution in [0, 0.1) is 0 Å². The lowest BCUT2D eigenvalue weighted by atomic mass is 10.1. The standard InChI is InChI=1S/C13H8F3NO3S/c14-13(15,16)12(20)17-10-8(11(18)19)6-9(21-10)7-4-2-1-3-5-7/h1-6H,(H,17,20)(H,18,19). The number of carboxylic acids is 1. The van der Waals surface area contributed by atoms with Gasteiger partial charge in [-0.25, -0.2) is 4.79 Å². The highest BCUT2D eigenvalue weighted by Gasteiger charge is 2.39. The zero-order valence-corrected chi connectivity index (χ0v) is 11.1. The third-order valence-electron chi connectivity index (χ3n) is 2.51. The zero-order chi connectivity index (χ0) is 15.6. The first kappa shape index (κ1) is 15.0. The van der Waals surface area contributed by atoms with Gasteiger partial charge in [0.05, 0.1) is 5.56 Å². The van der Waals surface area contributed by atoms with Crippen molar-refractivity contribution in [2.75, 3.05) is 5.32 Å². The number of hydrogen-bond acceptors (Lipinski definition) is 3. The van der Waals surface area contributed by atoms with Crippen molar-refractivity contribution < 1.29 is 27.9 Å². The van der Waals surface area contributed by atoms with Crippen molar-refractivity contribution in [3.63, 3.8) is 0 Å². The van der Waals surface area contributed by atoms with Crippen LogP contribution in [0.1, 0.15) is 10.4 Å². The number of benzene rings is 1. The largest absolute Gasteiger partial charge is 0.478 e. The van der Waals surface area contributed by atoms with Crippen LogP contribution in [0.5, 0.6) is 0 Å². The van der Waals surface area contributed by atoms with Gasteiger partial charge in [0.1, 0.15) is 5.00 Å². The molecule has 2 rings (SSSR count). The Kier molecular flexibility index (Phi) is 3.99. The van der Waals surface area contributed by atoms with Crippen molar-refractivity contribution in [3.8, 4) is 10.4 Å². The van der Waals surface area contributed by atoms with Gasteiger partial charge in [0.25, 0.3) is 0 Å². The number of halogens is 3. The van der Waals surface area contributed by atoms with Crippen LogP contribution in [-0.4, -0.2) is 23.2 Å². The summed E-state index contributed by atoms with van der Waals surface area (Å²) in [4.78, 5) is 22.5. The second-order valence-electron chi connectivity index (χ2n) is 3.98. The number of anilines is 1. The quantitative estimate of drug-likeness (QED) is 0.909. The Morgan fingerprint density at radius 3 is 2.29 bits per heavy atom.